The first kappa shape index (κ1) is 27.0. The average Bonchev–Trinajstić information content (AvgIpc) is 2.80. The van der Waals surface area contributed by atoms with Gasteiger partial charge in [-0.1, -0.05) is 51.2 Å². The number of unbranched alkanes of at least 4 members (excludes halogenated alkanes) is 1. The highest BCUT2D eigenvalue weighted by molar-refractivity contribution is 5.31. The predicted molar refractivity (Wildman–Crippen MR) is 126 cm³/mol. The van der Waals surface area contributed by atoms with Crippen LogP contribution in [-0.2, 0) is 6.42 Å². The molecule has 0 atom stereocenters. The number of alkyl halides is 3. The topological polar surface area (TPSA) is 9.23 Å². The van der Waals surface area contributed by atoms with E-state index < -0.39 is 23.7 Å². The molecule has 1 aromatic carbocycles. The normalized spacial score (nSPS) is 26.2. The zero-order chi connectivity index (χ0) is 24.6. The van der Waals surface area contributed by atoms with E-state index in [0.29, 0.717) is 17.9 Å². The van der Waals surface area contributed by atoms with Gasteiger partial charge in [-0.05, 0) is 99.2 Å². The molecule has 0 radical (unpaired) electrons. The summed E-state index contributed by atoms with van der Waals surface area (Å²) in [5, 5.41) is 0. The van der Waals surface area contributed by atoms with Crippen molar-refractivity contribution in [1.82, 2.24) is 0 Å². The van der Waals surface area contributed by atoms with Crippen molar-refractivity contribution in [2.45, 2.75) is 103 Å². The summed E-state index contributed by atoms with van der Waals surface area (Å²) in [5.74, 6) is -0.912. The fourth-order valence-corrected chi connectivity index (χ4v) is 6.05. The van der Waals surface area contributed by atoms with E-state index >= 15 is 0 Å². The Labute approximate surface area is 201 Å². The maximum Gasteiger partial charge on any atom is 0.573 e. The molecular weight excluding hydrogens is 447 g/mol. The van der Waals surface area contributed by atoms with Gasteiger partial charge < -0.3 is 4.74 Å². The largest absolute Gasteiger partial charge is 0.573 e. The molecule has 2 aliphatic carbocycles. The molecule has 0 aromatic heterocycles. The lowest BCUT2D eigenvalue weighted by molar-refractivity contribution is -0.276. The molecule has 2 fully saturated rings. The van der Waals surface area contributed by atoms with Crippen LogP contribution in [0.4, 0.5) is 22.0 Å². The SMILES string of the molecule is CC/C=C/CCC[C@H]1CC[C@H]([C@H]2CC[C@H](CCc3cc(F)c(OC(F)(F)F)c(F)c3)CC2)CC1. The second-order valence-electron chi connectivity index (χ2n) is 10.3. The van der Waals surface area contributed by atoms with Crippen LogP contribution < -0.4 is 4.74 Å². The molecule has 34 heavy (non-hydrogen) atoms. The highest BCUT2D eigenvalue weighted by Crippen LogP contribution is 2.43. The number of rotatable bonds is 10. The first-order valence-corrected chi connectivity index (χ1v) is 13.1. The van der Waals surface area contributed by atoms with Crippen molar-refractivity contribution in [2.75, 3.05) is 0 Å². The van der Waals surface area contributed by atoms with Crippen LogP contribution in [0.25, 0.3) is 0 Å². The average molecular weight is 487 g/mol. The molecule has 0 saturated heterocycles. The molecule has 192 valence electrons. The summed E-state index contributed by atoms with van der Waals surface area (Å²) in [4.78, 5) is 0. The smallest absolute Gasteiger partial charge is 0.399 e. The highest BCUT2D eigenvalue weighted by atomic mass is 19.4. The van der Waals surface area contributed by atoms with Crippen molar-refractivity contribution in [3.8, 4) is 5.75 Å². The molecule has 0 amide bonds. The van der Waals surface area contributed by atoms with Gasteiger partial charge in [0.25, 0.3) is 0 Å². The first-order chi connectivity index (χ1) is 16.2. The molecular formula is C28H39F5O. The van der Waals surface area contributed by atoms with Crippen LogP contribution in [-0.4, -0.2) is 6.36 Å². The van der Waals surface area contributed by atoms with E-state index in [1.807, 2.05) is 0 Å². The second-order valence-corrected chi connectivity index (χ2v) is 10.3. The van der Waals surface area contributed by atoms with E-state index in [2.05, 4.69) is 23.8 Å². The monoisotopic (exact) mass is 486 g/mol. The minimum absolute atomic E-state index is 0.384. The molecule has 0 aliphatic heterocycles. The number of ether oxygens (including phenoxy) is 1. The lowest BCUT2D eigenvalue weighted by atomic mass is 9.68. The van der Waals surface area contributed by atoms with Crippen molar-refractivity contribution >= 4 is 0 Å². The number of aryl methyl sites for hydroxylation is 1. The van der Waals surface area contributed by atoms with Gasteiger partial charge >= 0.3 is 6.36 Å². The summed E-state index contributed by atoms with van der Waals surface area (Å²) < 4.78 is 68.3. The van der Waals surface area contributed by atoms with E-state index in [4.69, 9.17) is 0 Å². The summed E-state index contributed by atoms with van der Waals surface area (Å²) >= 11 is 0. The maximum absolute atomic E-state index is 13.9. The highest BCUT2D eigenvalue weighted by Gasteiger charge is 2.34. The lowest BCUT2D eigenvalue weighted by Gasteiger charge is -2.38. The fourth-order valence-electron chi connectivity index (χ4n) is 6.05. The zero-order valence-corrected chi connectivity index (χ0v) is 20.3. The number of halogens is 5. The Hall–Kier alpha value is -1.59. The van der Waals surface area contributed by atoms with Crippen molar-refractivity contribution in [3.05, 3.63) is 41.5 Å². The van der Waals surface area contributed by atoms with Gasteiger partial charge in [-0.25, -0.2) is 8.78 Å². The van der Waals surface area contributed by atoms with Crippen molar-refractivity contribution < 1.29 is 26.7 Å². The van der Waals surface area contributed by atoms with Crippen LogP contribution in [0.5, 0.6) is 5.75 Å². The van der Waals surface area contributed by atoms with Crippen LogP contribution in [0, 0.1) is 35.3 Å². The van der Waals surface area contributed by atoms with Gasteiger partial charge in [0, 0.05) is 0 Å². The van der Waals surface area contributed by atoms with Gasteiger partial charge in [-0.15, -0.1) is 13.2 Å². The molecule has 0 spiro atoms. The Morgan fingerprint density at radius 2 is 1.35 bits per heavy atom. The lowest BCUT2D eigenvalue weighted by Crippen LogP contribution is -2.26. The van der Waals surface area contributed by atoms with Crippen LogP contribution >= 0.6 is 0 Å². The summed E-state index contributed by atoms with van der Waals surface area (Å²) in [5.41, 5.74) is 0.384. The predicted octanol–water partition coefficient (Wildman–Crippen LogP) is 9.55. The van der Waals surface area contributed by atoms with E-state index in [1.54, 1.807) is 0 Å². The summed E-state index contributed by atoms with van der Waals surface area (Å²) in [6.45, 7) is 2.17. The standard InChI is InChI=1S/C28H39F5O/c1-2-3-4-5-6-7-20-10-14-23(15-11-20)24-16-12-21(13-17-24)8-9-22-18-25(29)27(26(30)19-22)34-28(31,32)33/h3-4,18-21,23-24H,2,5-17H2,1H3/b4-3+/t20-,21-,23-,24-. The second kappa shape index (κ2) is 12.9. The molecule has 1 aromatic rings. The minimum Gasteiger partial charge on any atom is -0.399 e. The molecule has 2 aliphatic rings. The quantitative estimate of drug-likeness (QED) is 0.182. The van der Waals surface area contributed by atoms with E-state index in [9.17, 15) is 22.0 Å². The van der Waals surface area contributed by atoms with E-state index in [0.717, 1.165) is 55.6 Å². The van der Waals surface area contributed by atoms with Crippen molar-refractivity contribution in [1.29, 1.82) is 0 Å². The van der Waals surface area contributed by atoms with E-state index in [1.165, 1.54) is 57.8 Å². The van der Waals surface area contributed by atoms with Gasteiger partial charge in [-0.2, -0.15) is 0 Å². The number of hydrogen-bond donors (Lipinski definition) is 0. The molecule has 0 N–H and O–H groups in total. The maximum atomic E-state index is 13.9. The Morgan fingerprint density at radius 3 is 1.85 bits per heavy atom. The Bertz CT molecular complexity index is 748. The van der Waals surface area contributed by atoms with Crippen LogP contribution in [0.15, 0.2) is 24.3 Å². The van der Waals surface area contributed by atoms with Gasteiger partial charge in [0.05, 0.1) is 0 Å². The number of benzene rings is 1. The molecule has 0 unspecified atom stereocenters. The Kier molecular flexibility index (Phi) is 10.3. The van der Waals surface area contributed by atoms with Gasteiger partial charge in [0.15, 0.2) is 11.6 Å². The Morgan fingerprint density at radius 1 is 0.824 bits per heavy atom. The number of hydrogen-bond acceptors (Lipinski definition) is 1. The van der Waals surface area contributed by atoms with Crippen LogP contribution in [0.1, 0.15) is 96.0 Å². The third kappa shape index (κ3) is 8.57. The first-order valence-electron chi connectivity index (χ1n) is 13.1. The van der Waals surface area contributed by atoms with Gasteiger partial charge in [0.2, 0.25) is 5.75 Å². The number of allylic oxidation sites excluding steroid dienone is 2. The summed E-state index contributed by atoms with van der Waals surface area (Å²) in [6, 6.07) is 1.93. The molecule has 6 heteroatoms. The molecule has 0 heterocycles. The van der Waals surface area contributed by atoms with Crippen molar-refractivity contribution in [2.24, 2.45) is 23.7 Å². The molecule has 0 bridgehead atoms. The summed E-state index contributed by atoms with van der Waals surface area (Å²) in [7, 11) is 0. The third-order valence-corrected chi connectivity index (χ3v) is 7.95. The van der Waals surface area contributed by atoms with Gasteiger partial charge in [-0.3, -0.25) is 0 Å². The Balaban J connectivity index is 1.36. The van der Waals surface area contributed by atoms with Crippen molar-refractivity contribution in [3.63, 3.8) is 0 Å². The van der Waals surface area contributed by atoms with Crippen LogP contribution in [0.3, 0.4) is 0 Å². The minimum atomic E-state index is -5.12. The zero-order valence-electron chi connectivity index (χ0n) is 20.3. The van der Waals surface area contributed by atoms with Crippen LogP contribution in [0.2, 0.25) is 0 Å². The van der Waals surface area contributed by atoms with E-state index in [-0.39, 0.29) is 0 Å². The van der Waals surface area contributed by atoms with Gasteiger partial charge in [0.1, 0.15) is 0 Å². The molecule has 2 saturated carbocycles. The fraction of sp³-hybridized carbons (Fsp3) is 0.714. The third-order valence-electron chi connectivity index (χ3n) is 7.95. The summed E-state index contributed by atoms with van der Waals surface area (Å²) in [6.07, 6.45) is 15.9. The molecule has 3 rings (SSSR count). The molecule has 1 nitrogen and oxygen atoms in total.